The normalized spacial score (nSPS) is 10.8. The molecule has 0 aliphatic rings. The van der Waals surface area contributed by atoms with Gasteiger partial charge >= 0.3 is 5.97 Å². The van der Waals surface area contributed by atoms with E-state index in [9.17, 15) is 22.8 Å². The summed E-state index contributed by atoms with van der Waals surface area (Å²) in [5, 5.41) is 2.79. The first-order chi connectivity index (χ1) is 12.3. The Kier molecular flexibility index (Phi) is 5.15. The number of esters is 1. The fourth-order valence-corrected chi connectivity index (χ4v) is 3.62. The maximum absolute atomic E-state index is 13.2. The van der Waals surface area contributed by atoms with Crippen LogP contribution in [0, 0.1) is 17.5 Å². The van der Waals surface area contributed by atoms with Crippen molar-refractivity contribution in [1.29, 1.82) is 0 Å². The molecule has 0 aliphatic heterocycles. The number of carbonyl (C=O) groups is 2. The molecular weight excluding hydrogens is 391 g/mol. The second kappa shape index (κ2) is 7.35. The molecule has 0 bridgehead atoms. The topological polar surface area (TPSA) is 55.4 Å². The minimum atomic E-state index is -0.864. The predicted molar refractivity (Wildman–Crippen MR) is 92.1 cm³/mol. The highest BCUT2D eigenvalue weighted by Crippen LogP contribution is 2.36. The molecule has 0 atom stereocenters. The van der Waals surface area contributed by atoms with Gasteiger partial charge in [0.25, 0.3) is 5.91 Å². The van der Waals surface area contributed by atoms with Crippen LogP contribution in [0.25, 0.3) is 10.1 Å². The number of nitrogens with one attached hydrogen (secondary N) is 1. The third-order valence-electron chi connectivity index (χ3n) is 3.26. The van der Waals surface area contributed by atoms with Gasteiger partial charge in [-0.05, 0) is 30.3 Å². The van der Waals surface area contributed by atoms with Gasteiger partial charge < -0.3 is 10.1 Å². The number of thiophene rings is 1. The van der Waals surface area contributed by atoms with E-state index in [4.69, 9.17) is 16.3 Å². The van der Waals surface area contributed by atoms with Crippen LogP contribution in [0.3, 0.4) is 0 Å². The van der Waals surface area contributed by atoms with E-state index in [2.05, 4.69) is 5.32 Å². The first-order valence-electron chi connectivity index (χ1n) is 7.14. The molecule has 26 heavy (non-hydrogen) atoms. The molecule has 9 heteroatoms. The first kappa shape index (κ1) is 18.2. The molecule has 0 saturated carbocycles. The molecule has 3 rings (SSSR count). The second-order valence-electron chi connectivity index (χ2n) is 5.17. The number of halogens is 4. The Hall–Kier alpha value is -2.58. The number of hydrogen-bond acceptors (Lipinski definition) is 4. The van der Waals surface area contributed by atoms with Crippen molar-refractivity contribution in [3.05, 3.63) is 63.7 Å². The van der Waals surface area contributed by atoms with E-state index in [1.54, 1.807) is 0 Å². The Balaban J connectivity index is 1.67. The highest BCUT2D eigenvalue weighted by molar-refractivity contribution is 7.21. The Morgan fingerprint density at radius 1 is 1.04 bits per heavy atom. The molecule has 134 valence electrons. The van der Waals surface area contributed by atoms with Crippen molar-refractivity contribution in [2.24, 2.45) is 0 Å². The molecule has 1 N–H and O–H groups in total. The zero-order valence-corrected chi connectivity index (χ0v) is 14.4. The van der Waals surface area contributed by atoms with Gasteiger partial charge in [-0.1, -0.05) is 11.6 Å². The van der Waals surface area contributed by atoms with Crippen molar-refractivity contribution >= 4 is 50.6 Å². The minimum absolute atomic E-state index is 0.0249. The molecule has 1 heterocycles. The lowest BCUT2D eigenvalue weighted by atomic mass is 10.2. The molecule has 0 aliphatic carbocycles. The number of ether oxygens (including phenoxy) is 1. The fraction of sp³-hybridized carbons (Fsp3) is 0.0588. The van der Waals surface area contributed by atoms with Gasteiger partial charge in [-0.25, -0.2) is 18.0 Å². The van der Waals surface area contributed by atoms with Crippen molar-refractivity contribution in [1.82, 2.24) is 0 Å². The quantitative estimate of drug-likeness (QED) is 0.643. The predicted octanol–water partition coefficient (Wildman–Crippen LogP) is 4.77. The summed E-state index contributed by atoms with van der Waals surface area (Å²) >= 11 is 7.02. The molecule has 0 saturated heterocycles. The molecule has 2 aromatic carbocycles. The van der Waals surface area contributed by atoms with Crippen molar-refractivity contribution in [3.8, 4) is 0 Å². The van der Waals surface area contributed by atoms with Crippen LogP contribution in [0.1, 0.15) is 9.67 Å². The maximum Gasteiger partial charge on any atom is 0.350 e. The van der Waals surface area contributed by atoms with Crippen molar-refractivity contribution < 1.29 is 27.5 Å². The van der Waals surface area contributed by atoms with E-state index in [1.165, 1.54) is 18.2 Å². The summed E-state index contributed by atoms with van der Waals surface area (Å²) in [4.78, 5) is 23.9. The van der Waals surface area contributed by atoms with Crippen LogP contribution < -0.4 is 5.32 Å². The smallest absolute Gasteiger partial charge is 0.350 e. The maximum atomic E-state index is 13.2. The van der Waals surface area contributed by atoms with Gasteiger partial charge in [-0.2, -0.15) is 0 Å². The van der Waals surface area contributed by atoms with E-state index in [0.29, 0.717) is 16.2 Å². The minimum Gasteiger partial charge on any atom is -0.451 e. The number of carbonyl (C=O) groups excluding carboxylic acids is 2. The molecule has 0 unspecified atom stereocenters. The third kappa shape index (κ3) is 3.97. The largest absolute Gasteiger partial charge is 0.451 e. The van der Waals surface area contributed by atoms with Gasteiger partial charge in [0.1, 0.15) is 22.3 Å². The third-order valence-corrected chi connectivity index (χ3v) is 4.89. The van der Waals surface area contributed by atoms with Crippen molar-refractivity contribution in [2.75, 3.05) is 11.9 Å². The Morgan fingerprint density at radius 3 is 2.42 bits per heavy atom. The second-order valence-corrected chi connectivity index (χ2v) is 6.60. The van der Waals surface area contributed by atoms with Crippen LogP contribution in [0.15, 0.2) is 36.4 Å². The van der Waals surface area contributed by atoms with E-state index in [0.717, 1.165) is 23.5 Å². The zero-order valence-electron chi connectivity index (χ0n) is 12.8. The van der Waals surface area contributed by atoms with Gasteiger partial charge in [0.05, 0.1) is 5.02 Å². The molecule has 1 aromatic heterocycles. The zero-order chi connectivity index (χ0) is 18.8. The molecule has 4 nitrogen and oxygen atoms in total. The SMILES string of the molecule is O=C(COC(=O)c1sc2cc(F)ccc2c1Cl)Nc1cc(F)cc(F)c1. The van der Waals surface area contributed by atoms with Gasteiger partial charge in [-0.15, -0.1) is 11.3 Å². The number of anilines is 1. The van der Waals surface area contributed by atoms with Crippen LogP contribution in [0.4, 0.5) is 18.9 Å². The summed E-state index contributed by atoms with van der Waals surface area (Å²) in [6.45, 7) is -0.685. The molecular formula is C17H9ClF3NO3S. The van der Waals surface area contributed by atoms with Crippen LogP contribution in [-0.4, -0.2) is 18.5 Å². The molecule has 1 amide bonds. The highest BCUT2D eigenvalue weighted by atomic mass is 35.5. The first-order valence-corrected chi connectivity index (χ1v) is 8.33. The van der Waals surface area contributed by atoms with Crippen molar-refractivity contribution in [2.45, 2.75) is 0 Å². The molecule has 0 radical (unpaired) electrons. The van der Waals surface area contributed by atoms with E-state index in [1.807, 2.05) is 0 Å². The van der Waals surface area contributed by atoms with E-state index < -0.39 is 35.9 Å². The Morgan fingerprint density at radius 2 is 1.73 bits per heavy atom. The van der Waals surface area contributed by atoms with Crippen LogP contribution in [0.5, 0.6) is 0 Å². The Bertz CT molecular complexity index is 1000. The molecule has 0 fully saturated rings. The van der Waals surface area contributed by atoms with Crippen LogP contribution in [0.2, 0.25) is 5.02 Å². The summed E-state index contributed by atoms with van der Waals surface area (Å²) in [5.74, 6) is -3.84. The number of rotatable bonds is 4. The molecule has 3 aromatic rings. The fourth-order valence-electron chi connectivity index (χ4n) is 2.19. The number of fused-ring (bicyclic) bond motifs is 1. The number of amides is 1. The summed E-state index contributed by atoms with van der Waals surface area (Å²) in [6.07, 6.45) is 0. The van der Waals surface area contributed by atoms with Crippen molar-refractivity contribution in [3.63, 3.8) is 0 Å². The van der Waals surface area contributed by atoms with E-state index >= 15 is 0 Å². The van der Waals surface area contributed by atoms with E-state index in [-0.39, 0.29) is 15.6 Å². The lowest BCUT2D eigenvalue weighted by Crippen LogP contribution is -2.20. The van der Waals surface area contributed by atoms with Crippen LogP contribution in [-0.2, 0) is 9.53 Å². The van der Waals surface area contributed by atoms with Crippen LogP contribution >= 0.6 is 22.9 Å². The number of benzene rings is 2. The highest BCUT2D eigenvalue weighted by Gasteiger charge is 2.20. The summed E-state index contributed by atoms with van der Waals surface area (Å²) < 4.78 is 44.7. The summed E-state index contributed by atoms with van der Waals surface area (Å²) in [7, 11) is 0. The summed E-state index contributed by atoms with van der Waals surface area (Å²) in [6, 6.07) is 6.36. The molecule has 0 spiro atoms. The monoisotopic (exact) mass is 399 g/mol. The number of hydrogen-bond donors (Lipinski definition) is 1. The average Bonchev–Trinajstić information content (AvgIpc) is 2.88. The van der Waals surface area contributed by atoms with Gasteiger partial charge in [0.2, 0.25) is 0 Å². The average molecular weight is 400 g/mol. The van der Waals surface area contributed by atoms with Gasteiger partial charge in [0, 0.05) is 21.8 Å². The summed E-state index contributed by atoms with van der Waals surface area (Å²) in [5.41, 5.74) is -0.112. The lowest BCUT2D eigenvalue weighted by Gasteiger charge is -2.06. The Labute approximate surface area is 154 Å². The lowest BCUT2D eigenvalue weighted by molar-refractivity contribution is -0.119. The van der Waals surface area contributed by atoms with Gasteiger partial charge in [0.15, 0.2) is 6.61 Å². The standard InChI is InChI=1S/C17H9ClF3NO3S/c18-15-12-2-1-8(19)6-13(12)26-16(15)17(24)25-7-14(23)22-11-4-9(20)3-10(21)5-11/h1-6H,7H2,(H,22,23). The van der Waals surface area contributed by atoms with Gasteiger partial charge in [-0.3, -0.25) is 4.79 Å².